The van der Waals surface area contributed by atoms with Crippen LogP contribution in [0, 0.1) is 12.8 Å². The average molecular weight is 406 g/mol. The molecule has 2 fully saturated rings. The van der Waals surface area contributed by atoms with E-state index in [1.807, 2.05) is 0 Å². The maximum atomic E-state index is 12.9. The second-order valence-corrected chi connectivity index (χ2v) is 9.48. The van der Waals surface area contributed by atoms with Gasteiger partial charge in [0.25, 0.3) is 5.91 Å². The second-order valence-electron chi connectivity index (χ2n) is 7.43. The number of carbonyl (C=O) groups excluding carboxylic acids is 1. The summed E-state index contributed by atoms with van der Waals surface area (Å²) in [4.78, 5) is 27.1. The van der Waals surface area contributed by atoms with Crippen LogP contribution in [0.3, 0.4) is 0 Å². The van der Waals surface area contributed by atoms with Gasteiger partial charge in [0, 0.05) is 31.5 Å². The monoisotopic (exact) mass is 406 g/mol. The third kappa shape index (κ3) is 3.28. The minimum Gasteiger partial charge on any atom is -0.339 e. The maximum absolute atomic E-state index is 12.9. The summed E-state index contributed by atoms with van der Waals surface area (Å²) in [6.45, 7) is 4.19. The highest BCUT2D eigenvalue weighted by Crippen LogP contribution is 2.50. The minimum absolute atomic E-state index is 0.0116. The fourth-order valence-electron chi connectivity index (χ4n) is 4.35. The van der Waals surface area contributed by atoms with Crippen molar-refractivity contribution in [1.29, 1.82) is 0 Å². The number of carbonyl (C=O) groups is 1. The lowest BCUT2D eigenvalue weighted by molar-refractivity contribution is 0.0767. The molecule has 2 aromatic heterocycles. The molecule has 4 rings (SSSR count). The number of hydrogen-bond donors (Lipinski definition) is 1. The molecule has 1 saturated heterocycles. The molecule has 2 aliphatic rings. The van der Waals surface area contributed by atoms with Crippen LogP contribution >= 0.6 is 0 Å². The van der Waals surface area contributed by atoms with Crippen LogP contribution in [-0.4, -0.2) is 64.2 Å². The number of likely N-dealkylation sites (tertiary alicyclic amines) is 1. The molecule has 0 bridgehead atoms. The van der Waals surface area contributed by atoms with Gasteiger partial charge in [-0.2, -0.15) is 4.98 Å². The Morgan fingerprint density at radius 2 is 2.25 bits per heavy atom. The molecule has 1 aliphatic carbocycles. The van der Waals surface area contributed by atoms with E-state index < -0.39 is 15.4 Å². The third-order valence-electron chi connectivity index (χ3n) is 5.62. The molecule has 3 atom stereocenters. The molecule has 1 amide bonds. The summed E-state index contributed by atoms with van der Waals surface area (Å²) >= 11 is 0. The molecule has 10 nitrogen and oxygen atoms in total. The normalized spacial score (nSPS) is 27.1. The van der Waals surface area contributed by atoms with E-state index in [0.717, 1.165) is 0 Å². The molecular weight excluding hydrogens is 384 g/mol. The zero-order chi connectivity index (χ0) is 19.9. The summed E-state index contributed by atoms with van der Waals surface area (Å²) < 4.78 is 32.3. The van der Waals surface area contributed by atoms with Crippen LogP contribution in [0.25, 0.3) is 0 Å². The molecule has 28 heavy (non-hydrogen) atoms. The van der Waals surface area contributed by atoms with Crippen molar-refractivity contribution in [3.8, 4) is 0 Å². The van der Waals surface area contributed by atoms with E-state index in [1.54, 1.807) is 18.7 Å². The van der Waals surface area contributed by atoms with Crippen LogP contribution in [0.1, 0.15) is 42.0 Å². The number of hydrogen-bond acceptors (Lipinski definition) is 8. The molecule has 11 heteroatoms. The Kier molecular flexibility index (Phi) is 4.66. The van der Waals surface area contributed by atoms with E-state index in [2.05, 4.69) is 24.8 Å². The summed E-state index contributed by atoms with van der Waals surface area (Å²) in [5, 5.41) is 3.91. The largest absolute Gasteiger partial charge is 0.339 e. The van der Waals surface area contributed by atoms with E-state index in [9.17, 15) is 13.2 Å². The van der Waals surface area contributed by atoms with Gasteiger partial charge >= 0.3 is 0 Å². The average Bonchev–Trinajstić information content (AvgIpc) is 3.34. The van der Waals surface area contributed by atoms with Gasteiger partial charge in [0.15, 0.2) is 5.82 Å². The first-order valence-corrected chi connectivity index (χ1v) is 10.8. The van der Waals surface area contributed by atoms with E-state index in [0.29, 0.717) is 37.6 Å². The summed E-state index contributed by atoms with van der Waals surface area (Å²) in [7, 11) is -3.33. The van der Waals surface area contributed by atoms with Crippen LogP contribution in [0.4, 0.5) is 0 Å². The minimum atomic E-state index is -3.33. The Morgan fingerprint density at radius 1 is 1.43 bits per heavy atom. The summed E-state index contributed by atoms with van der Waals surface area (Å²) in [5.74, 6) is 0.807. The number of aromatic nitrogens is 4. The lowest BCUT2D eigenvalue weighted by atomic mass is 9.80. The van der Waals surface area contributed by atoms with Crippen LogP contribution < -0.4 is 4.72 Å². The number of sulfonamides is 1. The van der Waals surface area contributed by atoms with Crippen molar-refractivity contribution in [2.24, 2.45) is 5.92 Å². The zero-order valence-corrected chi connectivity index (χ0v) is 16.5. The van der Waals surface area contributed by atoms with E-state index in [-0.39, 0.29) is 29.3 Å². The van der Waals surface area contributed by atoms with Crippen LogP contribution in [0.2, 0.25) is 0 Å². The molecular formula is C17H22N6O4S. The molecule has 0 unspecified atom stereocenters. The first kappa shape index (κ1) is 18.9. The lowest BCUT2D eigenvalue weighted by Gasteiger charge is -2.25. The number of nitrogens with zero attached hydrogens (tertiary/aromatic N) is 5. The molecule has 0 radical (unpaired) electrons. The fourth-order valence-corrected chi connectivity index (χ4v) is 5.21. The SMILES string of the molecule is CCS(=O)(=O)N[C@@H]1C[C@H]2CN(C(=O)c3cnccn3)C[C@@]2(c2nc(C)no2)C1. The Hall–Kier alpha value is -2.40. The number of nitrogens with one attached hydrogen (secondary N) is 1. The maximum Gasteiger partial charge on any atom is 0.274 e. The van der Waals surface area contributed by atoms with E-state index >= 15 is 0 Å². The lowest BCUT2D eigenvalue weighted by Crippen LogP contribution is -2.40. The van der Waals surface area contributed by atoms with Crippen molar-refractivity contribution >= 4 is 15.9 Å². The van der Waals surface area contributed by atoms with Gasteiger partial charge < -0.3 is 9.42 Å². The predicted octanol–water partition coefficient (Wildman–Crippen LogP) is 0.280. The summed E-state index contributed by atoms with van der Waals surface area (Å²) in [6.07, 6.45) is 5.55. The highest BCUT2D eigenvalue weighted by atomic mass is 32.2. The van der Waals surface area contributed by atoms with Crippen LogP contribution in [0.5, 0.6) is 0 Å². The molecule has 1 aliphatic heterocycles. The Labute approximate surface area is 162 Å². The highest BCUT2D eigenvalue weighted by molar-refractivity contribution is 7.89. The van der Waals surface area contributed by atoms with Crippen LogP contribution in [-0.2, 0) is 15.4 Å². The first-order valence-electron chi connectivity index (χ1n) is 9.19. The summed E-state index contributed by atoms with van der Waals surface area (Å²) in [6, 6.07) is -0.226. The number of fused-ring (bicyclic) bond motifs is 1. The fraction of sp³-hybridized carbons (Fsp3) is 0.588. The second kappa shape index (κ2) is 6.89. The van der Waals surface area contributed by atoms with Gasteiger partial charge in [-0.05, 0) is 32.6 Å². The third-order valence-corrected chi connectivity index (χ3v) is 7.08. The van der Waals surface area contributed by atoms with Gasteiger partial charge in [0.05, 0.1) is 17.4 Å². The quantitative estimate of drug-likeness (QED) is 0.749. The molecule has 0 aromatic carbocycles. The van der Waals surface area contributed by atoms with Gasteiger partial charge in [-0.1, -0.05) is 5.16 Å². The zero-order valence-electron chi connectivity index (χ0n) is 15.7. The molecule has 1 saturated carbocycles. The van der Waals surface area contributed by atoms with Crippen molar-refractivity contribution < 1.29 is 17.7 Å². The molecule has 2 aromatic rings. The van der Waals surface area contributed by atoms with Crippen molar-refractivity contribution in [3.63, 3.8) is 0 Å². The smallest absolute Gasteiger partial charge is 0.274 e. The number of aryl methyl sites for hydroxylation is 1. The van der Waals surface area contributed by atoms with E-state index in [1.165, 1.54) is 18.6 Å². The highest BCUT2D eigenvalue weighted by Gasteiger charge is 2.58. The van der Waals surface area contributed by atoms with Gasteiger partial charge in [-0.15, -0.1) is 0 Å². The molecule has 0 spiro atoms. The first-order chi connectivity index (χ1) is 13.3. The predicted molar refractivity (Wildman–Crippen MR) is 97.8 cm³/mol. The van der Waals surface area contributed by atoms with Crippen LogP contribution in [0.15, 0.2) is 23.1 Å². The topological polar surface area (TPSA) is 131 Å². The Morgan fingerprint density at radius 3 is 2.89 bits per heavy atom. The van der Waals surface area contributed by atoms with Crippen molar-refractivity contribution in [2.45, 2.75) is 38.1 Å². The van der Waals surface area contributed by atoms with E-state index in [4.69, 9.17) is 4.52 Å². The van der Waals surface area contributed by atoms with Crippen molar-refractivity contribution in [2.75, 3.05) is 18.8 Å². The van der Waals surface area contributed by atoms with Crippen molar-refractivity contribution in [1.82, 2.24) is 29.7 Å². The standard InChI is InChI=1S/C17H22N6O4S/c1-3-28(25,26)22-13-6-12-9-23(15(24)14-8-18-4-5-19-14)10-17(12,7-13)16-20-11(2)21-27-16/h4-5,8,12-13,22H,3,6-7,9-10H2,1-2H3/t12-,13+,17-/m0/s1. The van der Waals surface area contributed by atoms with Gasteiger partial charge in [-0.3, -0.25) is 9.78 Å². The van der Waals surface area contributed by atoms with Gasteiger partial charge in [0.2, 0.25) is 15.9 Å². The molecule has 1 N–H and O–H groups in total. The molecule has 150 valence electrons. The van der Waals surface area contributed by atoms with Gasteiger partial charge in [0.1, 0.15) is 5.69 Å². The molecule has 3 heterocycles. The van der Waals surface area contributed by atoms with Crippen molar-refractivity contribution in [3.05, 3.63) is 36.0 Å². The summed E-state index contributed by atoms with van der Waals surface area (Å²) in [5.41, 5.74) is -0.289. The Bertz CT molecular complexity index is 979. The number of rotatable bonds is 5. The van der Waals surface area contributed by atoms with Gasteiger partial charge in [-0.25, -0.2) is 18.1 Å². The Balaban J connectivity index is 1.62. The number of amides is 1.